The van der Waals surface area contributed by atoms with Gasteiger partial charge in [-0.2, -0.15) is 9.37 Å². The minimum absolute atomic E-state index is 0.0224. The minimum atomic E-state index is -1.38. The highest BCUT2D eigenvalue weighted by atomic mass is 35.5. The zero-order valence-electron chi connectivity index (χ0n) is 20.2. The maximum Gasteiger partial charge on any atom is 0.335 e. The summed E-state index contributed by atoms with van der Waals surface area (Å²) in [5.41, 5.74) is -1.90. The number of aromatic amines is 1. The van der Waals surface area contributed by atoms with Gasteiger partial charge in [-0.05, 0) is 48.0 Å². The second-order valence-corrected chi connectivity index (χ2v) is 9.36. The van der Waals surface area contributed by atoms with E-state index in [4.69, 9.17) is 21.1 Å². The summed E-state index contributed by atoms with van der Waals surface area (Å²) >= 11 is 5.99. The van der Waals surface area contributed by atoms with Crippen LogP contribution < -0.4 is 21.7 Å². The first-order valence-electron chi connectivity index (χ1n) is 11.7. The maximum atomic E-state index is 13.5. The van der Waals surface area contributed by atoms with Crippen molar-refractivity contribution in [1.29, 1.82) is 0 Å². The molecule has 2 aromatic carbocycles. The van der Waals surface area contributed by atoms with Gasteiger partial charge in [0.05, 0.1) is 32.0 Å². The van der Waals surface area contributed by atoms with E-state index in [1.165, 1.54) is 22.8 Å². The van der Waals surface area contributed by atoms with Gasteiger partial charge >= 0.3 is 17.3 Å². The molecule has 13 heteroatoms. The first-order valence-corrected chi connectivity index (χ1v) is 12.0. The molecule has 1 aliphatic rings. The lowest BCUT2D eigenvalue weighted by atomic mass is 9.86. The SMILES string of the molecule is O=C(O)C1(Cn2c(=O)[nH]/c(=N\c3ccc(Oc4cccc(F)n4)cc3)n(Cc3ccc(Cl)cc3)c2=O)COC1. The number of aromatic nitrogens is 4. The van der Waals surface area contributed by atoms with Crippen molar-refractivity contribution in [2.45, 2.75) is 13.1 Å². The average Bonchev–Trinajstić information content (AvgIpc) is 2.87. The lowest BCUT2D eigenvalue weighted by molar-refractivity contribution is -0.182. The van der Waals surface area contributed by atoms with Gasteiger partial charge in [-0.3, -0.25) is 14.3 Å². The van der Waals surface area contributed by atoms with E-state index >= 15 is 0 Å². The summed E-state index contributed by atoms with van der Waals surface area (Å²) in [5.74, 6) is -1.40. The standard InChI is InChI=1S/C26H21ClFN5O6/c27-17-6-4-16(5-7-17)12-32-23(31-24(36)33(25(32)37)13-26(22(34)35)14-38-15-26)29-18-8-10-19(11-9-18)39-21-3-1-2-20(28)30-21/h1-11H,12-15H2,(H,34,35)(H,29,31,36). The van der Waals surface area contributed by atoms with Gasteiger partial charge in [-0.1, -0.05) is 29.8 Å². The lowest BCUT2D eigenvalue weighted by Gasteiger charge is -2.37. The van der Waals surface area contributed by atoms with Gasteiger partial charge < -0.3 is 14.6 Å². The Morgan fingerprint density at radius 3 is 2.44 bits per heavy atom. The van der Waals surface area contributed by atoms with Crippen molar-refractivity contribution in [3.05, 3.63) is 110 Å². The van der Waals surface area contributed by atoms with Gasteiger partial charge in [-0.25, -0.2) is 19.1 Å². The molecule has 1 saturated heterocycles. The number of carbonyl (C=O) groups is 1. The van der Waals surface area contributed by atoms with Crippen molar-refractivity contribution in [1.82, 2.24) is 19.1 Å². The molecule has 39 heavy (non-hydrogen) atoms. The summed E-state index contributed by atoms with van der Waals surface area (Å²) in [6, 6.07) is 17.2. The first kappa shape index (κ1) is 26.1. The van der Waals surface area contributed by atoms with Crippen LogP contribution in [0.2, 0.25) is 5.02 Å². The Kier molecular flexibility index (Phi) is 7.13. The second kappa shape index (κ2) is 10.7. The molecular weight excluding hydrogens is 533 g/mol. The van der Waals surface area contributed by atoms with E-state index < -0.39 is 28.7 Å². The summed E-state index contributed by atoms with van der Waals surface area (Å²) in [4.78, 5) is 49.0. The Morgan fingerprint density at radius 1 is 1.10 bits per heavy atom. The topological polar surface area (TPSA) is 141 Å². The Balaban J connectivity index is 1.54. The summed E-state index contributed by atoms with van der Waals surface area (Å²) in [6.45, 7) is -0.569. The number of hydrogen-bond acceptors (Lipinski definition) is 7. The number of nitrogens with one attached hydrogen (secondary N) is 1. The molecule has 0 atom stereocenters. The van der Waals surface area contributed by atoms with Crippen LogP contribution in [-0.2, 0) is 22.6 Å². The fourth-order valence-electron chi connectivity index (χ4n) is 3.91. The quantitative estimate of drug-likeness (QED) is 0.320. The summed E-state index contributed by atoms with van der Waals surface area (Å²) in [7, 11) is 0. The molecular formula is C26H21ClFN5O6. The van der Waals surface area contributed by atoms with E-state index in [1.54, 1.807) is 48.5 Å². The van der Waals surface area contributed by atoms with Crippen molar-refractivity contribution >= 4 is 23.3 Å². The molecule has 0 aliphatic carbocycles. The number of hydrogen-bond donors (Lipinski definition) is 2. The third kappa shape index (κ3) is 5.66. The van der Waals surface area contributed by atoms with E-state index in [1.807, 2.05) is 0 Å². The summed E-state index contributed by atoms with van der Waals surface area (Å²) in [6.07, 6.45) is 0. The minimum Gasteiger partial charge on any atom is -0.481 e. The van der Waals surface area contributed by atoms with E-state index in [9.17, 15) is 23.9 Å². The van der Waals surface area contributed by atoms with Crippen molar-refractivity contribution < 1.29 is 23.8 Å². The molecule has 4 aromatic rings. The second-order valence-electron chi connectivity index (χ2n) is 8.92. The predicted molar refractivity (Wildman–Crippen MR) is 137 cm³/mol. The van der Waals surface area contributed by atoms with Crippen LogP contribution in [-0.4, -0.2) is 43.4 Å². The number of H-pyrrole nitrogens is 1. The molecule has 0 radical (unpaired) electrons. The molecule has 0 saturated carbocycles. The molecule has 5 rings (SSSR count). The Labute approximate surface area is 224 Å². The van der Waals surface area contributed by atoms with Crippen molar-refractivity contribution in [2.24, 2.45) is 10.4 Å². The molecule has 1 aliphatic heterocycles. The van der Waals surface area contributed by atoms with Crippen molar-refractivity contribution in [2.75, 3.05) is 13.2 Å². The number of benzene rings is 2. The lowest BCUT2D eigenvalue weighted by Crippen LogP contribution is -2.58. The number of halogens is 2. The zero-order valence-corrected chi connectivity index (χ0v) is 21.0. The van der Waals surface area contributed by atoms with E-state index in [0.717, 1.165) is 4.57 Å². The van der Waals surface area contributed by atoms with Gasteiger partial charge in [0.1, 0.15) is 11.2 Å². The van der Waals surface area contributed by atoms with Crippen molar-refractivity contribution in [3.8, 4) is 11.6 Å². The fourth-order valence-corrected chi connectivity index (χ4v) is 4.03. The van der Waals surface area contributed by atoms with Crippen LogP contribution in [0.1, 0.15) is 5.56 Å². The van der Waals surface area contributed by atoms with Crippen LogP contribution in [0.25, 0.3) is 0 Å². The summed E-state index contributed by atoms with van der Waals surface area (Å²) in [5, 5.41) is 10.2. The van der Waals surface area contributed by atoms with Crippen LogP contribution in [0, 0.1) is 11.4 Å². The van der Waals surface area contributed by atoms with Crippen LogP contribution in [0.5, 0.6) is 11.6 Å². The first-order chi connectivity index (χ1) is 18.7. The third-order valence-corrected chi connectivity index (χ3v) is 6.34. The molecule has 2 N–H and O–H groups in total. The number of nitrogens with zero attached hydrogens (tertiary/aromatic N) is 4. The molecule has 0 unspecified atom stereocenters. The maximum absolute atomic E-state index is 13.5. The average molecular weight is 554 g/mol. The fraction of sp³-hybridized carbons (Fsp3) is 0.192. The number of carboxylic acid groups (broad SMARTS) is 1. The van der Waals surface area contributed by atoms with E-state index in [-0.39, 0.29) is 37.8 Å². The Bertz CT molecular complexity index is 1710. The molecule has 2 aromatic heterocycles. The molecule has 1 fully saturated rings. The Morgan fingerprint density at radius 2 is 1.82 bits per heavy atom. The van der Waals surface area contributed by atoms with Crippen molar-refractivity contribution in [3.63, 3.8) is 0 Å². The Hall–Kier alpha value is -4.55. The van der Waals surface area contributed by atoms with Gasteiger partial charge in [0.25, 0.3) is 0 Å². The highest BCUT2D eigenvalue weighted by Gasteiger charge is 2.47. The highest BCUT2D eigenvalue weighted by Crippen LogP contribution is 2.29. The number of rotatable bonds is 8. The van der Waals surface area contributed by atoms with E-state index in [2.05, 4.69) is 15.0 Å². The molecule has 0 amide bonds. The molecule has 200 valence electrons. The molecule has 3 heterocycles. The number of carboxylic acids is 1. The summed E-state index contributed by atoms with van der Waals surface area (Å²) < 4.78 is 26.0. The van der Waals surface area contributed by atoms with Gasteiger partial charge in [0.2, 0.25) is 17.4 Å². The highest BCUT2D eigenvalue weighted by molar-refractivity contribution is 6.30. The van der Waals surface area contributed by atoms with Crippen LogP contribution in [0.4, 0.5) is 10.1 Å². The monoisotopic (exact) mass is 553 g/mol. The third-order valence-electron chi connectivity index (χ3n) is 6.09. The predicted octanol–water partition coefficient (Wildman–Crippen LogP) is 2.70. The molecule has 11 nitrogen and oxygen atoms in total. The van der Waals surface area contributed by atoms with Gasteiger partial charge in [-0.15, -0.1) is 0 Å². The smallest absolute Gasteiger partial charge is 0.335 e. The van der Waals surface area contributed by atoms with E-state index in [0.29, 0.717) is 22.0 Å². The van der Waals surface area contributed by atoms with Crippen LogP contribution in [0.15, 0.2) is 81.3 Å². The van der Waals surface area contributed by atoms with Crippen LogP contribution in [0.3, 0.4) is 0 Å². The number of aliphatic carboxylic acids is 1. The van der Waals surface area contributed by atoms with Gasteiger partial charge in [0, 0.05) is 11.1 Å². The largest absolute Gasteiger partial charge is 0.481 e. The molecule has 0 bridgehead atoms. The normalized spacial score (nSPS) is 14.6. The zero-order chi connectivity index (χ0) is 27.6. The van der Waals surface area contributed by atoms with Gasteiger partial charge in [0.15, 0.2) is 0 Å². The number of ether oxygens (including phenoxy) is 2. The molecule has 0 spiro atoms. The van der Waals surface area contributed by atoms with Crippen LogP contribution >= 0.6 is 11.6 Å². The number of pyridine rings is 1.